The minimum Gasteiger partial charge on any atom is -0.397 e. The number of amides is 1. The lowest BCUT2D eigenvalue weighted by Crippen LogP contribution is -2.55. The molecule has 1 saturated heterocycles. The molecule has 0 bridgehead atoms. The Bertz CT molecular complexity index is 470. The minimum atomic E-state index is -0.108. The quantitative estimate of drug-likeness (QED) is 0.780. The molecule has 1 aliphatic heterocycles. The van der Waals surface area contributed by atoms with E-state index >= 15 is 0 Å². The van der Waals surface area contributed by atoms with Crippen LogP contribution in [0.25, 0.3) is 0 Å². The van der Waals surface area contributed by atoms with Gasteiger partial charge in [0.25, 0.3) is 0 Å². The van der Waals surface area contributed by atoms with Gasteiger partial charge in [-0.25, -0.2) is 0 Å². The number of anilines is 2. The van der Waals surface area contributed by atoms with Crippen LogP contribution in [0.4, 0.5) is 11.4 Å². The average Bonchev–Trinajstić information content (AvgIpc) is 2.33. The molecule has 1 atom stereocenters. The van der Waals surface area contributed by atoms with Crippen LogP contribution >= 0.6 is 0 Å². The maximum Gasteiger partial charge on any atom is 0.242 e. The molecule has 98 valence electrons. The summed E-state index contributed by atoms with van der Waals surface area (Å²) in [5.74, 6) is 0.0985. The van der Waals surface area contributed by atoms with Gasteiger partial charge in [0.05, 0.1) is 11.4 Å². The second-order valence-electron chi connectivity index (χ2n) is 4.90. The van der Waals surface area contributed by atoms with Gasteiger partial charge in [0.2, 0.25) is 5.91 Å². The summed E-state index contributed by atoms with van der Waals surface area (Å²) in [5.41, 5.74) is 10.2. The van der Waals surface area contributed by atoms with Crippen LogP contribution in [-0.2, 0) is 4.79 Å². The van der Waals surface area contributed by atoms with Crippen molar-refractivity contribution in [2.45, 2.75) is 33.2 Å². The van der Waals surface area contributed by atoms with E-state index in [9.17, 15) is 4.79 Å². The van der Waals surface area contributed by atoms with E-state index in [1.807, 2.05) is 13.0 Å². The van der Waals surface area contributed by atoms with Crippen molar-refractivity contribution in [1.29, 1.82) is 0 Å². The van der Waals surface area contributed by atoms with E-state index < -0.39 is 0 Å². The van der Waals surface area contributed by atoms with E-state index in [1.165, 1.54) is 11.1 Å². The number of rotatable bonds is 2. The van der Waals surface area contributed by atoms with Crippen LogP contribution in [0.3, 0.4) is 0 Å². The second-order valence-corrected chi connectivity index (χ2v) is 4.90. The lowest BCUT2D eigenvalue weighted by atomic mass is 10.0. The first-order chi connectivity index (χ1) is 8.54. The molecule has 18 heavy (non-hydrogen) atoms. The number of piperazine rings is 1. The van der Waals surface area contributed by atoms with E-state index in [0.717, 1.165) is 24.3 Å². The molecular formula is C14H21N3O. The number of aryl methyl sites for hydroxylation is 2. The number of benzene rings is 1. The van der Waals surface area contributed by atoms with Crippen molar-refractivity contribution in [1.82, 2.24) is 5.32 Å². The van der Waals surface area contributed by atoms with Gasteiger partial charge in [-0.1, -0.05) is 6.92 Å². The fourth-order valence-electron chi connectivity index (χ4n) is 2.48. The highest BCUT2D eigenvalue weighted by Gasteiger charge is 2.29. The van der Waals surface area contributed by atoms with E-state index in [0.29, 0.717) is 6.54 Å². The van der Waals surface area contributed by atoms with Gasteiger partial charge in [0.1, 0.15) is 6.04 Å². The van der Waals surface area contributed by atoms with Gasteiger partial charge in [-0.2, -0.15) is 0 Å². The summed E-state index contributed by atoms with van der Waals surface area (Å²) >= 11 is 0. The molecule has 1 fully saturated rings. The molecule has 2 rings (SSSR count). The zero-order chi connectivity index (χ0) is 13.3. The van der Waals surface area contributed by atoms with Crippen molar-refractivity contribution in [3.8, 4) is 0 Å². The zero-order valence-corrected chi connectivity index (χ0v) is 11.3. The fraction of sp³-hybridized carbons (Fsp3) is 0.500. The van der Waals surface area contributed by atoms with Gasteiger partial charge in [0, 0.05) is 13.1 Å². The van der Waals surface area contributed by atoms with E-state index in [-0.39, 0.29) is 11.9 Å². The number of nitrogens with two attached hydrogens (primary N) is 1. The highest BCUT2D eigenvalue weighted by Crippen LogP contribution is 2.29. The normalized spacial score (nSPS) is 19.8. The van der Waals surface area contributed by atoms with Gasteiger partial charge >= 0.3 is 0 Å². The topological polar surface area (TPSA) is 58.4 Å². The molecule has 1 aromatic rings. The van der Waals surface area contributed by atoms with Crippen LogP contribution < -0.4 is 16.0 Å². The van der Waals surface area contributed by atoms with Crippen LogP contribution in [0.1, 0.15) is 24.5 Å². The van der Waals surface area contributed by atoms with Gasteiger partial charge in [-0.05, 0) is 43.5 Å². The van der Waals surface area contributed by atoms with E-state index in [1.54, 1.807) is 0 Å². The van der Waals surface area contributed by atoms with Gasteiger partial charge in [-0.15, -0.1) is 0 Å². The largest absolute Gasteiger partial charge is 0.397 e. The maximum atomic E-state index is 11.9. The second kappa shape index (κ2) is 4.88. The van der Waals surface area contributed by atoms with E-state index in [4.69, 9.17) is 5.73 Å². The molecule has 1 amide bonds. The first-order valence-corrected chi connectivity index (χ1v) is 6.45. The van der Waals surface area contributed by atoms with E-state index in [2.05, 4.69) is 30.1 Å². The summed E-state index contributed by atoms with van der Waals surface area (Å²) in [6, 6.07) is 3.97. The lowest BCUT2D eigenvalue weighted by molar-refractivity contribution is -0.123. The molecule has 1 aliphatic rings. The monoisotopic (exact) mass is 247 g/mol. The number of carbonyl (C=O) groups excluding carboxylic acids is 1. The van der Waals surface area contributed by atoms with Crippen LogP contribution in [0, 0.1) is 13.8 Å². The summed E-state index contributed by atoms with van der Waals surface area (Å²) in [6.07, 6.45) is 0.790. The lowest BCUT2D eigenvalue weighted by Gasteiger charge is -2.37. The standard InChI is InChI=1S/C14H21N3O/c1-4-12-14(18)16-5-6-17(12)13-8-10(3)9(2)7-11(13)15/h7-8,12H,4-6,15H2,1-3H3,(H,16,18). The van der Waals surface area contributed by atoms with Gasteiger partial charge in [-0.3, -0.25) is 4.79 Å². The molecular weight excluding hydrogens is 226 g/mol. The Balaban J connectivity index is 2.40. The van der Waals surface area contributed by atoms with Crippen molar-refractivity contribution in [3.05, 3.63) is 23.3 Å². The van der Waals surface area contributed by atoms with Crippen molar-refractivity contribution < 1.29 is 4.79 Å². The summed E-state index contributed by atoms with van der Waals surface area (Å²) < 4.78 is 0. The summed E-state index contributed by atoms with van der Waals surface area (Å²) in [6.45, 7) is 7.65. The van der Waals surface area contributed by atoms with Crippen LogP contribution in [0.15, 0.2) is 12.1 Å². The highest BCUT2D eigenvalue weighted by atomic mass is 16.2. The van der Waals surface area contributed by atoms with Crippen LogP contribution in [-0.4, -0.2) is 25.0 Å². The Labute approximate surface area is 108 Å². The molecule has 0 radical (unpaired) electrons. The molecule has 0 saturated carbocycles. The molecule has 1 heterocycles. The van der Waals surface area contributed by atoms with Crippen molar-refractivity contribution >= 4 is 17.3 Å². The van der Waals surface area contributed by atoms with Crippen molar-refractivity contribution in [2.75, 3.05) is 23.7 Å². The Hall–Kier alpha value is -1.71. The first kappa shape index (κ1) is 12.7. The fourth-order valence-corrected chi connectivity index (χ4v) is 2.48. The number of nitrogens with one attached hydrogen (secondary N) is 1. The third-order valence-electron chi connectivity index (χ3n) is 3.67. The average molecular weight is 247 g/mol. The Kier molecular flexibility index (Phi) is 3.45. The van der Waals surface area contributed by atoms with Crippen LogP contribution in [0.5, 0.6) is 0 Å². The summed E-state index contributed by atoms with van der Waals surface area (Å²) in [7, 11) is 0. The van der Waals surface area contributed by atoms with Gasteiger partial charge < -0.3 is 16.0 Å². The predicted octanol–water partition coefficient (Wildman–Crippen LogP) is 1.60. The highest BCUT2D eigenvalue weighted by molar-refractivity contribution is 5.88. The number of hydrogen-bond donors (Lipinski definition) is 2. The summed E-state index contributed by atoms with van der Waals surface area (Å²) in [4.78, 5) is 14.0. The maximum absolute atomic E-state index is 11.9. The molecule has 4 heteroatoms. The third-order valence-corrected chi connectivity index (χ3v) is 3.67. The number of nitrogens with zero attached hydrogens (tertiary/aromatic N) is 1. The van der Waals surface area contributed by atoms with Crippen molar-refractivity contribution in [3.63, 3.8) is 0 Å². The third kappa shape index (κ3) is 2.15. The summed E-state index contributed by atoms with van der Waals surface area (Å²) in [5, 5.41) is 2.91. The number of carbonyl (C=O) groups is 1. The minimum absolute atomic E-state index is 0.0985. The SMILES string of the molecule is CCC1C(=O)NCCN1c1cc(C)c(C)cc1N. The molecule has 4 nitrogen and oxygen atoms in total. The molecule has 0 aliphatic carbocycles. The van der Waals surface area contributed by atoms with Crippen molar-refractivity contribution in [2.24, 2.45) is 0 Å². The Morgan fingerprint density at radius 1 is 1.39 bits per heavy atom. The smallest absolute Gasteiger partial charge is 0.242 e. The number of nitrogen functional groups attached to an aromatic ring is 1. The Morgan fingerprint density at radius 3 is 2.72 bits per heavy atom. The number of hydrogen-bond acceptors (Lipinski definition) is 3. The molecule has 0 aromatic heterocycles. The predicted molar refractivity (Wildman–Crippen MR) is 74.8 cm³/mol. The van der Waals surface area contributed by atoms with Crippen LogP contribution in [0.2, 0.25) is 0 Å². The molecule has 0 spiro atoms. The molecule has 1 aromatic carbocycles. The first-order valence-electron chi connectivity index (χ1n) is 6.45. The van der Waals surface area contributed by atoms with Gasteiger partial charge in [0.15, 0.2) is 0 Å². The Morgan fingerprint density at radius 2 is 2.06 bits per heavy atom. The molecule has 1 unspecified atom stereocenters. The molecule has 3 N–H and O–H groups in total. The zero-order valence-electron chi connectivity index (χ0n) is 11.3.